The van der Waals surface area contributed by atoms with Crippen molar-refractivity contribution < 1.29 is 9.52 Å². The Morgan fingerprint density at radius 2 is 2.15 bits per heavy atom. The summed E-state index contributed by atoms with van der Waals surface area (Å²) >= 11 is 0. The van der Waals surface area contributed by atoms with Crippen molar-refractivity contribution in [1.29, 1.82) is 0 Å². The van der Waals surface area contributed by atoms with Gasteiger partial charge >= 0.3 is 0 Å². The number of furan rings is 1. The van der Waals surface area contributed by atoms with Gasteiger partial charge in [0.15, 0.2) is 0 Å². The molecule has 150 valence electrons. The van der Waals surface area contributed by atoms with Crippen LogP contribution in [0.4, 0.5) is 0 Å². The van der Waals surface area contributed by atoms with E-state index < -0.39 is 6.10 Å². The standard InChI is InChI=1S/C25H38O2/c1-18(2)8-6-13-24(4)14-7-9-22-21(24)11-10-19(3)25(22,5)16-23(26)20-12-15-27-17-20/h9,12,15,17,19,21,23,26H,1,6-8,10-11,13-14,16H2,2-5H3/t19-,21+,23-,24+,25+/m0/s1. The van der Waals surface area contributed by atoms with Gasteiger partial charge in [0.2, 0.25) is 0 Å². The lowest BCUT2D eigenvalue weighted by molar-refractivity contribution is 0.0292. The Balaban J connectivity index is 1.81. The van der Waals surface area contributed by atoms with Gasteiger partial charge in [0, 0.05) is 5.56 Å². The van der Waals surface area contributed by atoms with E-state index in [1.807, 2.05) is 6.07 Å². The van der Waals surface area contributed by atoms with E-state index in [1.54, 1.807) is 18.1 Å². The molecule has 0 aliphatic heterocycles. The predicted molar refractivity (Wildman–Crippen MR) is 112 cm³/mol. The molecule has 0 unspecified atom stereocenters. The molecule has 0 radical (unpaired) electrons. The molecule has 3 rings (SSSR count). The van der Waals surface area contributed by atoms with Crippen LogP contribution in [0.2, 0.25) is 0 Å². The number of hydrogen-bond acceptors (Lipinski definition) is 2. The van der Waals surface area contributed by atoms with E-state index in [0.717, 1.165) is 18.4 Å². The Bertz CT molecular complexity index is 671. The van der Waals surface area contributed by atoms with E-state index in [0.29, 0.717) is 17.3 Å². The molecule has 5 atom stereocenters. The van der Waals surface area contributed by atoms with Gasteiger partial charge in [-0.2, -0.15) is 0 Å². The molecule has 0 aromatic carbocycles. The largest absolute Gasteiger partial charge is 0.472 e. The quantitative estimate of drug-likeness (QED) is 0.514. The molecule has 2 aliphatic carbocycles. The van der Waals surface area contributed by atoms with Crippen molar-refractivity contribution in [3.8, 4) is 0 Å². The van der Waals surface area contributed by atoms with Crippen LogP contribution < -0.4 is 0 Å². The summed E-state index contributed by atoms with van der Waals surface area (Å²) in [6, 6.07) is 1.90. The molecule has 2 heteroatoms. The molecule has 1 heterocycles. The zero-order chi connectivity index (χ0) is 19.7. The van der Waals surface area contributed by atoms with Crippen LogP contribution in [0.15, 0.2) is 46.8 Å². The molecule has 1 saturated carbocycles. The summed E-state index contributed by atoms with van der Waals surface area (Å²) < 4.78 is 5.21. The van der Waals surface area contributed by atoms with Crippen molar-refractivity contribution in [2.75, 3.05) is 0 Å². The van der Waals surface area contributed by atoms with Crippen molar-refractivity contribution in [2.24, 2.45) is 22.7 Å². The SMILES string of the molecule is C=C(C)CCC[C@]1(C)CCC=C2[C@H]1CC[C@H](C)[C@@]2(C)C[C@H](O)c1ccoc1. The molecule has 2 nitrogen and oxygen atoms in total. The van der Waals surface area contributed by atoms with Crippen LogP contribution in [0.25, 0.3) is 0 Å². The van der Waals surface area contributed by atoms with Crippen LogP contribution in [0, 0.1) is 22.7 Å². The fourth-order valence-electron chi connectivity index (χ4n) is 5.80. The zero-order valence-electron chi connectivity index (χ0n) is 17.8. The average Bonchev–Trinajstić information content (AvgIpc) is 3.13. The summed E-state index contributed by atoms with van der Waals surface area (Å²) in [5.41, 5.74) is 4.30. The topological polar surface area (TPSA) is 33.4 Å². The van der Waals surface area contributed by atoms with E-state index in [1.165, 1.54) is 44.1 Å². The maximum Gasteiger partial charge on any atom is 0.0960 e. The van der Waals surface area contributed by atoms with Crippen molar-refractivity contribution in [3.63, 3.8) is 0 Å². The number of allylic oxidation sites excluding steroid dienone is 3. The van der Waals surface area contributed by atoms with Crippen LogP contribution >= 0.6 is 0 Å². The Kier molecular flexibility index (Phi) is 6.05. The molecule has 2 aliphatic rings. The Labute approximate surface area is 165 Å². The predicted octanol–water partition coefficient (Wildman–Crippen LogP) is 7.23. The van der Waals surface area contributed by atoms with E-state index in [9.17, 15) is 5.11 Å². The summed E-state index contributed by atoms with van der Waals surface area (Å²) in [5, 5.41) is 10.9. The van der Waals surface area contributed by atoms with Crippen LogP contribution in [-0.2, 0) is 0 Å². The molecule has 1 aromatic heterocycles. The van der Waals surface area contributed by atoms with Crippen LogP contribution in [0.5, 0.6) is 0 Å². The molecule has 0 bridgehead atoms. The van der Waals surface area contributed by atoms with Crippen molar-refractivity contribution in [2.45, 2.75) is 85.2 Å². The molecular weight excluding hydrogens is 332 g/mol. The van der Waals surface area contributed by atoms with Crippen molar-refractivity contribution in [1.82, 2.24) is 0 Å². The molecule has 0 saturated heterocycles. The van der Waals surface area contributed by atoms with Crippen molar-refractivity contribution in [3.05, 3.63) is 48.0 Å². The highest BCUT2D eigenvalue weighted by molar-refractivity contribution is 5.27. The normalized spacial score (nSPS) is 34.6. The van der Waals surface area contributed by atoms with Crippen LogP contribution in [0.3, 0.4) is 0 Å². The summed E-state index contributed by atoms with van der Waals surface area (Å²) in [6.45, 7) is 13.5. The third-order valence-corrected chi connectivity index (χ3v) is 7.83. The second-order valence-corrected chi connectivity index (χ2v) is 9.89. The molecular formula is C25H38O2. The Hall–Kier alpha value is -1.28. The number of aliphatic hydroxyl groups is 1. The van der Waals surface area contributed by atoms with Gasteiger partial charge in [-0.15, -0.1) is 6.58 Å². The first-order valence-corrected chi connectivity index (χ1v) is 10.8. The lowest BCUT2D eigenvalue weighted by Crippen LogP contribution is -2.44. The number of rotatable bonds is 7. The second kappa shape index (κ2) is 7.99. The molecule has 27 heavy (non-hydrogen) atoms. The van der Waals surface area contributed by atoms with E-state index in [4.69, 9.17) is 4.42 Å². The summed E-state index contributed by atoms with van der Waals surface area (Å²) in [6.07, 6.45) is 14.9. The average molecular weight is 371 g/mol. The first-order valence-electron chi connectivity index (χ1n) is 10.8. The fourth-order valence-corrected chi connectivity index (χ4v) is 5.80. The first-order chi connectivity index (χ1) is 12.8. The molecule has 1 fully saturated rings. The third-order valence-electron chi connectivity index (χ3n) is 7.83. The van der Waals surface area contributed by atoms with Gasteiger partial charge < -0.3 is 9.52 Å². The molecule has 0 amide bonds. The number of aliphatic hydroxyl groups excluding tert-OH is 1. The van der Waals surface area contributed by atoms with Crippen molar-refractivity contribution >= 4 is 0 Å². The van der Waals surface area contributed by atoms with Crippen LogP contribution in [0.1, 0.15) is 90.7 Å². The number of fused-ring (bicyclic) bond motifs is 1. The van der Waals surface area contributed by atoms with Gasteiger partial charge in [-0.05, 0) is 87.0 Å². The minimum absolute atomic E-state index is 0.0651. The number of hydrogen-bond donors (Lipinski definition) is 1. The van der Waals surface area contributed by atoms with Gasteiger partial charge in [0.05, 0.1) is 18.6 Å². The molecule has 1 aromatic rings. The maximum absolute atomic E-state index is 10.9. The van der Waals surface area contributed by atoms with Gasteiger partial charge in [-0.25, -0.2) is 0 Å². The second-order valence-electron chi connectivity index (χ2n) is 9.89. The van der Waals surface area contributed by atoms with Gasteiger partial charge in [-0.1, -0.05) is 38.0 Å². The molecule has 0 spiro atoms. The highest BCUT2D eigenvalue weighted by Crippen LogP contribution is 2.60. The Morgan fingerprint density at radius 3 is 2.81 bits per heavy atom. The highest BCUT2D eigenvalue weighted by atomic mass is 16.3. The zero-order valence-corrected chi connectivity index (χ0v) is 17.8. The summed E-state index contributed by atoms with van der Waals surface area (Å²) in [7, 11) is 0. The Morgan fingerprint density at radius 1 is 1.37 bits per heavy atom. The lowest BCUT2D eigenvalue weighted by atomic mass is 9.50. The maximum atomic E-state index is 10.9. The third kappa shape index (κ3) is 4.11. The van der Waals surface area contributed by atoms with E-state index in [2.05, 4.69) is 40.3 Å². The fraction of sp³-hybridized carbons (Fsp3) is 0.680. The summed E-state index contributed by atoms with van der Waals surface area (Å²) in [5.74, 6) is 1.26. The van der Waals surface area contributed by atoms with Crippen LogP contribution in [-0.4, -0.2) is 5.11 Å². The molecule has 1 N–H and O–H groups in total. The van der Waals surface area contributed by atoms with E-state index >= 15 is 0 Å². The minimum atomic E-state index is -0.451. The van der Waals surface area contributed by atoms with E-state index in [-0.39, 0.29) is 5.41 Å². The minimum Gasteiger partial charge on any atom is -0.472 e. The summed E-state index contributed by atoms with van der Waals surface area (Å²) in [4.78, 5) is 0. The van der Waals surface area contributed by atoms with Gasteiger partial charge in [0.1, 0.15) is 0 Å². The monoisotopic (exact) mass is 370 g/mol. The highest BCUT2D eigenvalue weighted by Gasteiger charge is 2.49. The smallest absolute Gasteiger partial charge is 0.0960 e. The lowest BCUT2D eigenvalue weighted by Gasteiger charge is -2.54. The van der Waals surface area contributed by atoms with Gasteiger partial charge in [-0.3, -0.25) is 0 Å². The van der Waals surface area contributed by atoms with Gasteiger partial charge in [0.25, 0.3) is 0 Å². The first kappa shape index (κ1) is 20.5.